The van der Waals surface area contributed by atoms with Gasteiger partial charge in [0.1, 0.15) is 0 Å². The molecule has 0 aromatic rings. The Morgan fingerprint density at radius 3 is 2.35 bits per heavy atom. The number of rotatable bonds is 1. The molecule has 6 heteroatoms. The van der Waals surface area contributed by atoms with Gasteiger partial charge in [0.15, 0.2) is 0 Å². The number of piperazine rings is 1. The summed E-state index contributed by atoms with van der Waals surface area (Å²) in [6.07, 6.45) is 0.789. The fourth-order valence-corrected chi connectivity index (χ4v) is 2.30. The molecule has 1 atom stereocenters. The molecular formula is C11H19N3O3. The van der Waals surface area contributed by atoms with Crippen molar-refractivity contribution in [3.8, 4) is 0 Å². The second kappa shape index (κ2) is 5.46. The number of carbonyl (C=O) groups excluding carboxylic acids is 2. The highest BCUT2D eigenvalue weighted by atomic mass is 16.3. The minimum absolute atomic E-state index is 0.0889. The third kappa shape index (κ3) is 2.76. The van der Waals surface area contributed by atoms with Gasteiger partial charge < -0.3 is 20.2 Å². The van der Waals surface area contributed by atoms with Gasteiger partial charge in [0.2, 0.25) is 0 Å². The van der Waals surface area contributed by atoms with E-state index >= 15 is 0 Å². The van der Waals surface area contributed by atoms with Gasteiger partial charge >= 0.3 is 11.8 Å². The molecule has 2 fully saturated rings. The number of hydrogen-bond acceptors (Lipinski definition) is 4. The Hall–Kier alpha value is -1.14. The molecule has 0 radical (unpaired) electrons. The average Bonchev–Trinajstić information content (AvgIpc) is 2.87. The maximum absolute atomic E-state index is 11.9. The highest BCUT2D eigenvalue weighted by molar-refractivity contribution is 6.35. The van der Waals surface area contributed by atoms with Gasteiger partial charge in [-0.1, -0.05) is 0 Å². The summed E-state index contributed by atoms with van der Waals surface area (Å²) < 4.78 is 0. The predicted molar refractivity (Wildman–Crippen MR) is 61.2 cm³/mol. The van der Waals surface area contributed by atoms with Gasteiger partial charge in [0.05, 0.1) is 0 Å². The van der Waals surface area contributed by atoms with E-state index in [-0.39, 0.29) is 12.5 Å². The molecule has 2 saturated heterocycles. The van der Waals surface area contributed by atoms with Crippen molar-refractivity contribution in [2.24, 2.45) is 5.92 Å². The van der Waals surface area contributed by atoms with Crippen molar-refractivity contribution < 1.29 is 14.7 Å². The minimum Gasteiger partial charge on any atom is -0.396 e. The summed E-state index contributed by atoms with van der Waals surface area (Å²) in [7, 11) is 0. The molecule has 0 bridgehead atoms. The van der Waals surface area contributed by atoms with Crippen molar-refractivity contribution in [1.29, 1.82) is 0 Å². The third-order valence-electron chi connectivity index (χ3n) is 3.42. The molecule has 0 aliphatic carbocycles. The summed E-state index contributed by atoms with van der Waals surface area (Å²) in [5.41, 5.74) is 0. The summed E-state index contributed by atoms with van der Waals surface area (Å²) >= 11 is 0. The Kier molecular flexibility index (Phi) is 3.96. The Balaban J connectivity index is 1.88. The van der Waals surface area contributed by atoms with Crippen LogP contribution in [0.15, 0.2) is 0 Å². The summed E-state index contributed by atoms with van der Waals surface area (Å²) in [4.78, 5) is 27.0. The molecule has 2 aliphatic rings. The highest BCUT2D eigenvalue weighted by Gasteiger charge is 2.32. The normalized spacial score (nSPS) is 25.1. The van der Waals surface area contributed by atoms with Crippen LogP contribution in [0.2, 0.25) is 0 Å². The first-order chi connectivity index (χ1) is 8.22. The molecule has 0 aromatic carbocycles. The van der Waals surface area contributed by atoms with E-state index in [4.69, 9.17) is 5.11 Å². The van der Waals surface area contributed by atoms with Crippen molar-refractivity contribution >= 4 is 11.8 Å². The largest absolute Gasteiger partial charge is 0.396 e. The zero-order valence-electron chi connectivity index (χ0n) is 9.89. The first-order valence-corrected chi connectivity index (χ1v) is 6.12. The summed E-state index contributed by atoms with van der Waals surface area (Å²) in [6.45, 7) is 3.88. The van der Waals surface area contributed by atoms with Gasteiger partial charge in [-0.05, 0) is 6.42 Å². The van der Waals surface area contributed by atoms with E-state index in [1.54, 1.807) is 9.80 Å². The molecule has 0 saturated carbocycles. The number of hydrogen-bond donors (Lipinski definition) is 2. The lowest BCUT2D eigenvalue weighted by molar-refractivity contribution is -0.151. The molecular weight excluding hydrogens is 222 g/mol. The molecule has 96 valence electrons. The number of aliphatic hydroxyl groups is 1. The molecule has 0 aromatic heterocycles. The fraction of sp³-hybridized carbons (Fsp3) is 0.818. The number of carbonyl (C=O) groups is 2. The van der Waals surface area contributed by atoms with Crippen molar-refractivity contribution in [2.45, 2.75) is 6.42 Å². The third-order valence-corrected chi connectivity index (χ3v) is 3.42. The smallest absolute Gasteiger partial charge is 0.312 e. The van der Waals surface area contributed by atoms with Gasteiger partial charge in [-0.15, -0.1) is 0 Å². The van der Waals surface area contributed by atoms with Gasteiger partial charge in [-0.25, -0.2) is 0 Å². The molecule has 1 unspecified atom stereocenters. The van der Waals surface area contributed by atoms with Gasteiger partial charge in [-0.2, -0.15) is 0 Å². The van der Waals surface area contributed by atoms with Crippen molar-refractivity contribution in [1.82, 2.24) is 15.1 Å². The number of likely N-dealkylation sites (tertiary alicyclic amines) is 1. The van der Waals surface area contributed by atoms with Crippen LogP contribution in [0, 0.1) is 5.92 Å². The monoisotopic (exact) mass is 241 g/mol. The van der Waals surface area contributed by atoms with E-state index in [2.05, 4.69) is 5.32 Å². The van der Waals surface area contributed by atoms with E-state index in [1.807, 2.05) is 0 Å². The molecule has 0 spiro atoms. The fourth-order valence-electron chi connectivity index (χ4n) is 2.30. The Morgan fingerprint density at radius 1 is 1.12 bits per heavy atom. The number of nitrogens with zero attached hydrogens (tertiary/aromatic N) is 2. The Bertz CT molecular complexity index is 302. The van der Waals surface area contributed by atoms with Crippen LogP contribution < -0.4 is 5.32 Å². The van der Waals surface area contributed by atoms with Gasteiger partial charge in [0.25, 0.3) is 0 Å². The maximum Gasteiger partial charge on any atom is 0.312 e. The number of amides is 2. The quantitative estimate of drug-likeness (QED) is 0.535. The van der Waals surface area contributed by atoms with E-state index in [0.717, 1.165) is 19.5 Å². The number of nitrogens with one attached hydrogen (secondary N) is 1. The van der Waals surface area contributed by atoms with Gasteiger partial charge in [-0.3, -0.25) is 9.59 Å². The Labute approximate surface area is 101 Å². The van der Waals surface area contributed by atoms with Crippen LogP contribution in [0.4, 0.5) is 0 Å². The van der Waals surface area contributed by atoms with Crippen molar-refractivity contribution in [2.75, 3.05) is 45.9 Å². The first kappa shape index (κ1) is 12.3. The topological polar surface area (TPSA) is 72.9 Å². The SMILES string of the molecule is O=C(C(=O)N1CCC(CO)C1)N1CCNCC1. The second-order valence-electron chi connectivity index (χ2n) is 4.63. The lowest BCUT2D eigenvalue weighted by Crippen LogP contribution is -2.51. The minimum atomic E-state index is -0.414. The summed E-state index contributed by atoms with van der Waals surface area (Å²) in [5.74, 6) is -0.678. The van der Waals surface area contributed by atoms with Crippen molar-refractivity contribution in [3.63, 3.8) is 0 Å². The van der Waals surface area contributed by atoms with Crippen molar-refractivity contribution in [3.05, 3.63) is 0 Å². The summed E-state index contributed by atoms with van der Waals surface area (Å²) in [6, 6.07) is 0. The zero-order valence-corrected chi connectivity index (χ0v) is 9.89. The maximum atomic E-state index is 11.9. The zero-order chi connectivity index (χ0) is 12.3. The molecule has 2 heterocycles. The van der Waals surface area contributed by atoms with Crippen LogP contribution in [-0.2, 0) is 9.59 Å². The van der Waals surface area contributed by atoms with E-state index in [0.29, 0.717) is 26.2 Å². The second-order valence-corrected chi connectivity index (χ2v) is 4.63. The van der Waals surface area contributed by atoms with E-state index in [1.165, 1.54) is 0 Å². The van der Waals surface area contributed by atoms with Crippen LogP contribution in [0.3, 0.4) is 0 Å². The molecule has 17 heavy (non-hydrogen) atoms. The lowest BCUT2D eigenvalue weighted by atomic mass is 10.1. The molecule has 2 rings (SSSR count). The van der Waals surface area contributed by atoms with Crippen LogP contribution in [-0.4, -0.2) is 72.6 Å². The molecule has 2 amide bonds. The Morgan fingerprint density at radius 2 is 1.76 bits per heavy atom. The van der Waals surface area contributed by atoms with Crippen LogP contribution >= 0.6 is 0 Å². The predicted octanol–water partition coefficient (Wildman–Crippen LogP) is -1.74. The van der Waals surface area contributed by atoms with Crippen LogP contribution in [0.5, 0.6) is 0 Å². The van der Waals surface area contributed by atoms with Crippen LogP contribution in [0.25, 0.3) is 0 Å². The van der Waals surface area contributed by atoms with E-state index < -0.39 is 11.8 Å². The summed E-state index contributed by atoms with van der Waals surface area (Å²) in [5, 5.41) is 12.2. The first-order valence-electron chi connectivity index (χ1n) is 6.12. The van der Waals surface area contributed by atoms with Crippen LogP contribution in [0.1, 0.15) is 6.42 Å². The average molecular weight is 241 g/mol. The molecule has 6 nitrogen and oxygen atoms in total. The molecule has 2 aliphatic heterocycles. The van der Waals surface area contributed by atoms with E-state index in [9.17, 15) is 9.59 Å². The molecule has 2 N–H and O–H groups in total. The standard InChI is InChI=1S/C11H19N3O3/c15-8-9-1-4-14(7-9)11(17)10(16)13-5-2-12-3-6-13/h9,12,15H,1-8H2. The lowest BCUT2D eigenvalue weighted by Gasteiger charge is -2.28. The number of aliphatic hydroxyl groups excluding tert-OH is 1. The van der Waals surface area contributed by atoms with Gasteiger partial charge in [0, 0.05) is 51.8 Å². The highest BCUT2D eigenvalue weighted by Crippen LogP contribution is 2.16.